The van der Waals surface area contributed by atoms with Crippen molar-refractivity contribution < 1.29 is 23.5 Å². The van der Waals surface area contributed by atoms with Crippen molar-refractivity contribution in [2.24, 2.45) is 0 Å². The summed E-state index contributed by atoms with van der Waals surface area (Å²) in [6.45, 7) is 0. The van der Waals surface area contributed by atoms with Crippen LogP contribution in [0.4, 0.5) is 5.69 Å². The molecule has 1 amide bonds. The standard InChI is InChI=1S/C25H22N4O5/c1-31-20-13-16(14-21(32-2)23(20)33-3)10-11-22(30)27-19-9-5-4-8-18(19)25-28-24(29-34-25)17-7-6-12-26-15-17/h4-15H,1-3H3,(H,27,30)/b11-10+. The minimum absolute atomic E-state index is 0.281. The first kappa shape index (κ1) is 22.5. The summed E-state index contributed by atoms with van der Waals surface area (Å²) in [6, 6.07) is 14.3. The number of carbonyl (C=O) groups excluding carboxylic acids is 1. The molecule has 0 unspecified atom stereocenters. The Morgan fingerprint density at radius 3 is 2.44 bits per heavy atom. The van der Waals surface area contributed by atoms with Gasteiger partial charge in [-0.2, -0.15) is 4.98 Å². The molecule has 9 heteroatoms. The second kappa shape index (κ2) is 10.3. The van der Waals surface area contributed by atoms with Gasteiger partial charge in [-0.05, 0) is 48.0 Å². The zero-order valence-electron chi connectivity index (χ0n) is 18.8. The number of ether oxygens (including phenoxy) is 3. The molecule has 0 spiro atoms. The zero-order valence-corrected chi connectivity index (χ0v) is 18.8. The molecule has 0 aliphatic heterocycles. The van der Waals surface area contributed by atoms with Crippen LogP contribution in [0.3, 0.4) is 0 Å². The molecule has 2 aromatic carbocycles. The molecule has 0 saturated carbocycles. The van der Waals surface area contributed by atoms with E-state index in [-0.39, 0.29) is 11.8 Å². The molecule has 2 heterocycles. The highest BCUT2D eigenvalue weighted by Crippen LogP contribution is 2.38. The highest BCUT2D eigenvalue weighted by atomic mass is 16.5. The number of aromatic nitrogens is 3. The van der Waals surface area contributed by atoms with Gasteiger partial charge in [-0.3, -0.25) is 9.78 Å². The summed E-state index contributed by atoms with van der Waals surface area (Å²) in [7, 11) is 4.60. The molecule has 0 aliphatic carbocycles. The van der Waals surface area contributed by atoms with E-state index in [1.807, 2.05) is 12.1 Å². The van der Waals surface area contributed by atoms with E-state index < -0.39 is 0 Å². The van der Waals surface area contributed by atoms with Gasteiger partial charge in [-0.1, -0.05) is 17.3 Å². The van der Waals surface area contributed by atoms with Crippen LogP contribution in [0.1, 0.15) is 5.56 Å². The quantitative estimate of drug-likeness (QED) is 0.385. The predicted octanol–water partition coefficient (Wildman–Crippen LogP) is 4.48. The first-order valence-electron chi connectivity index (χ1n) is 10.3. The van der Waals surface area contributed by atoms with E-state index in [0.717, 1.165) is 5.56 Å². The van der Waals surface area contributed by atoms with Crippen LogP contribution in [-0.2, 0) is 4.79 Å². The number of anilines is 1. The number of benzene rings is 2. The molecule has 0 saturated heterocycles. The molecule has 172 valence electrons. The van der Waals surface area contributed by atoms with Gasteiger partial charge in [0.05, 0.1) is 32.6 Å². The maximum Gasteiger partial charge on any atom is 0.260 e. The van der Waals surface area contributed by atoms with Gasteiger partial charge in [-0.25, -0.2) is 0 Å². The van der Waals surface area contributed by atoms with E-state index in [1.165, 1.54) is 27.4 Å². The van der Waals surface area contributed by atoms with Gasteiger partial charge in [0.15, 0.2) is 11.5 Å². The van der Waals surface area contributed by atoms with E-state index >= 15 is 0 Å². The summed E-state index contributed by atoms with van der Waals surface area (Å²) < 4.78 is 21.5. The Morgan fingerprint density at radius 1 is 1.00 bits per heavy atom. The molecule has 0 atom stereocenters. The summed E-state index contributed by atoms with van der Waals surface area (Å²) >= 11 is 0. The third-order valence-electron chi connectivity index (χ3n) is 4.88. The fourth-order valence-corrected chi connectivity index (χ4v) is 3.27. The number of nitrogens with one attached hydrogen (secondary N) is 1. The molecule has 34 heavy (non-hydrogen) atoms. The van der Waals surface area contributed by atoms with Crippen LogP contribution in [0.15, 0.2) is 71.5 Å². The van der Waals surface area contributed by atoms with Crippen LogP contribution in [0.5, 0.6) is 17.2 Å². The lowest BCUT2D eigenvalue weighted by Gasteiger charge is -2.12. The summed E-state index contributed by atoms with van der Waals surface area (Å²) in [5.41, 5.74) is 2.56. The first-order valence-corrected chi connectivity index (χ1v) is 10.3. The van der Waals surface area contributed by atoms with Gasteiger partial charge in [0.2, 0.25) is 17.5 Å². The van der Waals surface area contributed by atoms with Crippen LogP contribution in [-0.4, -0.2) is 42.4 Å². The lowest BCUT2D eigenvalue weighted by Crippen LogP contribution is -2.08. The van der Waals surface area contributed by atoms with Crippen molar-refractivity contribution in [2.75, 3.05) is 26.6 Å². The lowest BCUT2D eigenvalue weighted by atomic mass is 10.1. The second-order valence-electron chi connectivity index (χ2n) is 6.99. The Kier molecular flexibility index (Phi) is 6.83. The highest BCUT2D eigenvalue weighted by molar-refractivity contribution is 6.04. The smallest absolute Gasteiger partial charge is 0.260 e. The molecule has 0 fully saturated rings. The molecular formula is C25H22N4O5. The Morgan fingerprint density at radius 2 is 1.76 bits per heavy atom. The van der Waals surface area contributed by atoms with Crippen molar-refractivity contribution in [1.82, 2.24) is 15.1 Å². The SMILES string of the molecule is COc1cc(/C=C/C(=O)Nc2ccccc2-c2nc(-c3cccnc3)no2)cc(OC)c1OC. The predicted molar refractivity (Wildman–Crippen MR) is 127 cm³/mol. The van der Waals surface area contributed by atoms with Crippen LogP contribution < -0.4 is 19.5 Å². The largest absolute Gasteiger partial charge is 0.493 e. The molecule has 0 radical (unpaired) electrons. The number of nitrogens with zero attached hydrogens (tertiary/aromatic N) is 3. The maximum absolute atomic E-state index is 12.7. The normalized spacial score (nSPS) is 10.8. The monoisotopic (exact) mass is 458 g/mol. The lowest BCUT2D eigenvalue weighted by molar-refractivity contribution is -0.111. The van der Waals surface area contributed by atoms with Gasteiger partial charge < -0.3 is 24.1 Å². The molecule has 9 nitrogen and oxygen atoms in total. The number of rotatable bonds is 8. The van der Waals surface area contributed by atoms with Gasteiger partial charge in [0, 0.05) is 24.0 Å². The van der Waals surface area contributed by atoms with E-state index in [0.29, 0.717) is 39.9 Å². The number of pyridine rings is 1. The molecule has 4 aromatic rings. The number of methoxy groups -OCH3 is 3. The second-order valence-corrected chi connectivity index (χ2v) is 6.99. The molecule has 1 N–H and O–H groups in total. The average Bonchev–Trinajstić information content (AvgIpc) is 3.38. The van der Waals surface area contributed by atoms with Crippen LogP contribution in [0.25, 0.3) is 28.9 Å². The Hall–Kier alpha value is -4.66. The Labute approximate surface area is 196 Å². The van der Waals surface area contributed by atoms with Crippen molar-refractivity contribution in [3.05, 3.63) is 72.6 Å². The molecule has 2 aromatic heterocycles. The number of hydrogen-bond acceptors (Lipinski definition) is 8. The van der Waals surface area contributed by atoms with E-state index in [9.17, 15) is 4.79 Å². The zero-order chi connectivity index (χ0) is 23.9. The fraction of sp³-hybridized carbons (Fsp3) is 0.120. The first-order chi connectivity index (χ1) is 16.6. The molecular weight excluding hydrogens is 436 g/mol. The Balaban J connectivity index is 1.54. The summed E-state index contributed by atoms with van der Waals surface area (Å²) in [5, 5.41) is 6.87. The van der Waals surface area contributed by atoms with Crippen LogP contribution >= 0.6 is 0 Å². The average molecular weight is 458 g/mol. The van der Waals surface area contributed by atoms with Crippen molar-refractivity contribution in [1.29, 1.82) is 0 Å². The molecule has 4 rings (SSSR count). The van der Waals surface area contributed by atoms with Gasteiger partial charge in [-0.15, -0.1) is 0 Å². The van der Waals surface area contributed by atoms with Gasteiger partial charge >= 0.3 is 0 Å². The van der Waals surface area contributed by atoms with Gasteiger partial charge in [0.1, 0.15) is 0 Å². The minimum atomic E-state index is -0.340. The van der Waals surface area contributed by atoms with E-state index in [2.05, 4.69) is 20.4 Å². The summed E-state index contributed by atoms with van der Waals surface area (Å²) in [4.78, 5) is 21.2. The topological polar surface area (TPSA) is 109 Å². The summed E-state index contributed by atoms with van der Waals surface area (Å²) in [5.74, 6) is 1.81. The van der Waals surface area contributed by atoms with Crippen molar-refractivity contribution in [2.45, 2.75) is 0 Å². The Bertz CT molecular complexity index is 1290. The molecule has 0 aliphatic rings. The van der Waals surface area contributed by atoms with E-state index in [4.69, 9.17) is 18.7 Å². The molecule has 0 bridgehead atoms. The minimum Gasteiger partial charge on any atom is -0.493 e. The van der Waals surface area contributed by atoms with Crippen molar-refractivity contribution in [3.8, 4) is 40.1 Å². The van der Waals surface area contributed by atoms with Gasteiger partial charge in [0.25, 0.3) is 5.89 Å². The third-order valence-corrected chi connectivity index (χ3v) is 4.88. The third kappa shape index (κ3) is 4.88. The fourth-order valence-electron chi connectivity index (χ4n) is 3.27. The number of hydrogen-bond donors (Lipinski definition) is 1. The van der Waals surface area contributed by atoms with Crippen molar-refractivity contribution in [3.63, 3.8) is 0 Å². The maximum atomic E-state index is 12.7. The van der Waals surface area contributed by atoms with E-state index in [1.54, 1.807) is 54.9 Å². The highest BCUT2D eigenvalue weighted by Gasteiger charge is 2.15. The van der Waals surface area contributed by atoms with Crippen molar-refractivity contribution >= 4 is 17.7 Å². The number of amides is 1. The van der Waals surface area contributed by atoms with Crippen LogP contribution in [0, 0.1) is 0 Å². The van der Waals surface area contributed by atoms with Crippen LogP contribution in [0.2, 0.25) is 0 Å². The summed E-state index contributed by atoms with van der Waals surface area (Å²) in [6.07, 6.45) is 6.37. The number of carbonyl (C=O) groups is 1. The number of para-hydroxylation sites is 1.